The van der Waals surface area contributed by atoms with Gasteiger partial charge in [0.1, 0.15) is 6.26 Å². The highest BCUT2D eigenvalue weighted by atomic mass is 16.5. The standard InChI is InChI=1S/C16H23N3O2/c1-2-8-17-14(12-5-3-4-6-12)10-15-18-16(19-21-15)13-7-9-20-11-13/h7,9,11-12,14,17H,2-6,8,10H2,1H3. The Morgan fingerprint density at radius 2 is 2.24 bits per heavy atom. The summed E-state index contributed by atoms with van der Waals surface area (Å²) in [5, 5.41) is 7.70. The van der Waals surface area contributed by atoms with Gasteiger partial charge in [0.25, 0.3) is 0 Å². The topological polar surface area (TPSA) is 64.1 Å². The highest BCUT2D eigenvalue weighted by molar-refractivity contribution is 5.51. The summed E-state index contributed by atoms with van der Waals surface area (Å²) >= 11 is 0. The van der Waals surface area contributed by atoms with Crippen molar-refractivity contribution in [2.24, 2.45) is 5.92 Å². The van der Waals surface area contributed by atoms with Crippen molar-refractivity contribution in [3.8, 4) is 11.4 Å². The van der Waals surface area contributed by atoms with Crippen molar-refractivity contribution >= 4 is 0 Å². The van der Waals surface area contributed by atoms with Crippen molar-refractivity contribution in [3.63, 3.8) is 0 Å². The lowest BCUT2D eigenvalue weighted by atomic mass is 9.95. The fourth-order valence-corrected chi connectivity index (χ4v) is 3.13. The van der Waals surface area contributed by atoms with Crippen molar-refractivity contribution in [2.75, 3.05) is 6.54 Å². The molecular weight excluding hydrogens is 266 g/mol. The van der Waals surface area contributed by atoms with Gasteiger partial charge in [-0.3, -0.25) is 0 Å². The lowest BCUT2D eigenvalue weighted by Crippen LogP contribution is -2.37. The average molecular weight is 289 g/mol. The van der Waals surface area contributed by atoms with E-state index in [9.17, 15) is 0 Å². The molecule has 0 amide bonds. The first-order chi connectivity index (χ1) is 10.4. The zero-order valence-corrected chi connectivity index (χ0v) is 12.5. The summed E-state index contributed by atoms with van der Waals surface area (Å²) in [6.07, 6.45) is 10.5. The fourth-order valence-electron chi connectivity index (χ4n) is 3.13. The quantitative estimate of drug-likeness (QED) is 0.846. The molecule has 5 heteroatoms. The second kappa shape index (κ2) is 6.89. The van der Waals surface area contributed by atoms with E-state index in [1.807, 2.05) is 6.07 Å². The van der Waals surface area contributed by atoms with E-state index in [1.54, 1.807) is 12.5 Å². The highest BCUT2D eigenvalue weighted by Gasteiger charge is 2.26. The Hall–Kier alpha value is -1.62. The molecule has 114 valence electrons. The predicted octanol–water partition coefficient (Wildman–Crippen LogP) is 3.43. The summed E-state index contributed by atoms with van der Waals surface area (Å²) < 4.78 is 10.5. The SMILES string of the molecule is CCCNC(Cc1nc(-c2ccoc2)no1)C1CCCC1. The predicted molar refractivity (Wildman–Crippen MR) is 79.7 cm³/mol. The van der Waals surface area contributed by atoms with Gasteiger partial charge >= 0.3 is 0 Å². The third kappa shape index (κ3) is 3.53. The van der Waals surface area contributed by atoms with Gasteiger partial charge in [-0.15, -0.1) is 0 Å². The molecule has 5 nitrogen and oxygen atoms in total. The van der Waals surface area contributed by atoms with Crippen LogP contribution in [0.15, 0.2) is 27.5 Å². The van der Waals surface area contributed by atoms with Crippen LogP contribution in [0, 0.1) is 5.92 Å². The molecular formula is C16H23N3O2. The smallest absolute Gasteiger partial charge is 0.228 e. The number of rotatable bonds is 7. The van der Waals surface area contributed by atoms with Gasteiger partial charge in [-0.2, -0.15) is 4.98 Å². The molecule has 1 unspecified atom stereocenters. The van der Waals surface area contributed by atoms with E-state index < -0.39 is 0 Å². The summed E-state index contributed by atoms with van der Waals surface area (Å²) in [6.45, 7) is 3.24. The van der Waals surface area contributed by atoms with Crippen LogP contribution in [-0.2, 0) is 6.42 Å². The van der Waals surface area contributed by atoms with Gasteiger partial charge in [0.05, 0.1) is 11.8 Å². The number of aromatic nitrogens is 2. The van der Waals surface area contributed by atoms with Crippen molar-refractivity contribution in [2.45, 2.75) is 51.5 Å². The van der Waals surface area contributed by atoms with Crippen molar-refractivity contribution in [3.05, 3.63) is 24.5 Å². The van der Waals surface area contributed by atoms with Crippen molar-refractivity contribution in [1.29, 1.82) is 0 Å². The second-order valence-electron chi connectivity index (χ2n) is 5.83. The van der Waals surface area contributed by atoms with Crippen LogP contribution >= 0.6 is 0 Å². The van der Waals surface area contributed by atoms with Gasteiger partial charge in [-0.05, 0) is 37.8 Å². The Morgan fingerprint density at radius 3 is 2.95 bits per heavy atom. The van der Waals surface area contributed by atoms with Crippen LogP contribution in [0.25, 0.3) is 11.4 Å². The summed E-state index contributed by atoms with van der Waals surface area (Å²) in [4.78, 5) is 4.49. The molecule has 0 aromatic carbocycles. The monoisotopic (exact) mass is 289 g/mol. The lowest BCUT2D eigenvalue weighted by molar-refractivity contribution is 0.308. The first kappa shape index (κ1) is 14.3. The van der Waals surface area contributed by atoms with Crippen LogP contribution in [-0.4, -0.2) is 22.7 Å². The normalized spacial score (nSPS) is 17.4. The molecule has 0 saturated heterocycles. The molecule has 2 aromatic rings. The van der Waals surface area contributed by atoms with E-state index in [2.05, 4.69) is 22.4 Å². The van der Waals surface area contributed by atoms with Crippen LogP contribution in [0.4, 0.5) is 0 Å². The van der Waals surface area contributed by atoms with E-state index >= 15 is 0 Å². The van der Waals surface area contributed by atoms with Gasteiger partial charge in [0, 0.05) is 12.5 Å². The maximum absolute atomic E-state index is 5.42. The molecule has 1 aliphatic carbocycles. The molecule has 1 N–H and O–H groups in total. The third-order valence-corrected chi connectivity index (χ3v) is 4.27. The zero-order valence-electron chi connectivity index (χ0n) is 12.5. The Balaban J connectivity index is 1.67. The van der Waals surface area contributed by atoms with Gasteiger partial charge in [-0.25, -0.2) is 0 Å². The van der Waals surface area contributed by atoms with Crippen LogP contribution in [0.3, 0.4) is 0 Å². The van der Waals surface area contributed by atoms with Crippen LogP contribution in [0.2, 0.25) is 0 Å². The number of nitrogens with zero attached hydrogens (tertiary/aromatic N) is 2. The molecule has 1 fully saturated rings. The molecule has 0 spiro atoms. The first-order valence-corrected chi connectivity index (χ1v) is 7.95. The molecule has 2 aromatic heterocycles. The van der Waals surface area contributed by atoms with Gasteiger partial charge < -0.3 is 14.3 Å². The molecule has 0 aliphatic heterocycles. The van der Waals surface area contributed by atoms with E-state index in [0.717, 1.165) is 30.9 Å². The molecule has 3 rings (SSSR count). The number of hydrogen-bond donors (Lipinski definition) is 1. The fraction of sp³-hybridized carbons (Fsp3) is 0.625. The van der Waals surface area contributed by atoms with Gasteiger partial charge in [-0.1, -0.05) is 24.9 Å². The third-order valence-electron chi connectivity index (χ3n) is 4.27. The first-order valence-electron chi connectivity index (χ1n) is 7.95. The molecule has 0 bridgehead atoms. The van der Waals surface area contributed by atoms with E-state index in [1.165, 1.54) is 25.7 Å². The number of hydrogen-bond acceptors (Lipinski definition) is 5. The van der Waals surface area contributed by atoms with E-state index in [0.29, 0.717) is 17.8 Å². The molecule has 0 radical (unpaired) electrons. The molecule has 2 heterocycles. The summed E-state index contributed by atoms with van der Waals surface area (Å²) in [7, 11) is 0. The molecule has 21 heavy (non-hydrogen) atoms. The van der Waals surface area contributed by atoms with Crippen molar-refractivity contribution < 1.29 is 8.94 Å². The summed E-state index contributed by atoms with van der Waals surface area (Å²) in [6, 6.07) is 2.29. The minimum absolute atomic E-state index is 0.449. The van der Waals surface area contributed by atoms with Crippen LogP contribution in [0.5, 0.6) is 0 Å². The Kier molecular flexibility index (Phi) is 4.70. The molecule has 1 atom stereocenters. The largest absolute Gasteiger partial charge is 0.472 e. The van der Waals surface area contributed by atoms with Gasteiger partial charge in [0.15, 0.2) is 0 Å². The Morgan fingerprint density at radius 1 is 1.38 bits per heavy atom. The Labute approximate surface area is 125 Å². The highest BCUT2D eigenvalue weighted by Crippen LogP contribution is 2.29. The maximum Gasteiger partial charge on any atom is 0.228 e. The minimum Gasteiger partial charge on any atom is -0.472 e. The maximum atomic E-state index is 5.42. The van der Waals surface area contributed by atoms with Crippen LogP contribution in [0.1, 0.15) is 44.9 Å². The number of nitrogens with one attached hydrogen (secondary N) is 1. The molecule has 1 saturated carbocycles. The lowest BCUT2D eigenvalue weighted by Gasteiger charge is -2.23. The summed E-state index contributed by atoms with van der Waals surface area (Å²) in [5.74, 6) is 2.06. The van der Waals surface area contributed by atoms with Gasteiger partial charge in [0.2, 0.25) is 11.7 Å². The second-order valence-corrected chi connectivity index (χ2v) is 5.83. The minimum atomic E-state index is 0.449. The van der Waals surface area contributed by atoms with E-state index in [-0.39, 0.29) is 0 Å². The van der Waals surface area contributed by atoms with Crippen molar-refractivity contribution in [1.82, 2.24) is 15.5 Å². The van der Waals surface area contributed by atoms with E-state index in [4.69, 9.17) is 8.94 Å². The van der Waals surface area contributed by atoms with Crippen LogP contribution < -0.4 is 5.32 Å². The Bertz CT molecular complexity index is 529. The molecule has 1 aliphatic rings. The zero-order chi connectivity index (χ0) is 14.5. The number of furan rings is 1. The average Bonchev–Trinajstić information content (AvgIpc) is 3.24. The summed E-state index contributed by atoms with van der Waals surface area (Å²) in [5.41, 5.74) is 0.865.